The van der Waals surface area contributed by atoms with E-state index in [4.69, 9.17) is 9.47 Å². The van der Waals surface area contributed by atoms with Crippen molar-refractivity contribution in [1.29, 1.82) is 0 Å². The Morgan fingerprint density at radius 2 is 1.56 bits per heavy atom. The molecule has 296 valence electrons. The van der Waals surface area contributed by atoms with Gasteiger partial charge in [0, 0.05) is 23.5 Å². The number of ether oxygens (including phenoxy) is 2. The Balaban J connectivity index is 1.39. The Bertz CT molecular complexity index is 1970. The summed E-state index contributed by atoms with van der Waals surface area (Å²) >= 11 is 0. The van der Waals surface area contributed by atoms with Gasteiger partial charge in [-0.3, -0.25) is 29.2 Å². The zero-order valence-electron chi connectivity index (χ0n) is 31.8. The highest BCUT2D eigenvalue weighted by Gasteiger charge is 2.62. The van der Waals surface area contributed by atoms with Crippen LogP contribution in [0.4, 0.5) is 15.3 Å². The molecule has 55 heavy (non-hydrogen) atoms. The maximum Gasteiger partial charge on any atom is 0.411 e. The van der Waals surface area contributed by atoms with Gasteiger partial charge in [0.05, 0.1) is 17.5 Å². The number of alkyl carbamates (subject to hydrolysis) is 1. The third-order valence-corrected chi connectivity index (χ3v) is 11.4. The molecule has 1 aliphatic heterocycles. The predicted molar refractivity (Wildman–Crippen MR) is 202 cm³/mol. The highest BCUT2D eigenvalue weighted by Crippen LogP contribution is 2.45. The second kappa shape index (κ2) is 15.5. The van der Waals surface area contributed by atoms with Crippen molar-refractivity contribution in [3.63, 3.8) is 0 Å². The highest BCUT2D eigenvalue weighted by atomic mass is 32.2. The quantitative estimate of drug-likeness (QED) is 0.180. The van der Waals surface area contributed by atoms with Crippen molar-refractivity contribution in [2.24, 2.45) is 11.3 Å². The number of likely N-dealkylation sites (tertiary alicyclic amines) is 1. The molecule has 0 aromatic heterocycles. The van der Waals surface area contributed by atoms with Crippen molar-refractivity contribution < 1.29 is 46.7 Å². The van der Waals surface area contributed by atoms with Crippen LogP contribution in [-0.4, -0.2) is 90.1 Å². The van der Waals surface area contributed by atoms with Gasteiger partial charge in [-0.1, -0.05) is 69.3 Å². The molecule has 0 spiro atoms. The maximum atomic E-state index is 14.4. The molecule has 16 heteroatoms. The molecule has 2 aliphatic carbocycles. The zero-order valence-corrected chi connectivity index (χ0v) is 32.7. The van der Waals surface area contributed by atoms with Crippen LogP contribution in [0.25, 0.3) is 0 Å². The molecule has 0 bridgehead atoms. The lowest BCUT2D eigenvalue weighted by molar-refractivity contribution is -0.143. The van der Waals surface area contributed by atoms with E-state index in [9.17, 15) is 37.2 Å². The average Bonchev–Trinajstić information content (AvgIpc) is 4.03. The number of para-hydroxylation sites is 1. The minimum absolute atomic E-state index is 0.0726. The molecular formula is C39H49N5O10S. The van der Waals surface area contributed by atoms with Crippen molar-refractivity contribution >= 4 is 51.4 Å². The number of nitrogens with zero attached hydrogens (tertiary/aromatic N) is 1. The van der Waals surface area contributed by atoms with Crippen LogP contribution in [0.1, 0.15) is 83.1 Å². The molecule has 1 heterocycles. The molecule has 1 saturated heterocycles. The van der Waals surface area contributed by atoms with E-state index in [1.807, 2.05) is 0 Å². The lowest BCUT2D eigenvalue weighted by atomic mass is 9.85. The van der Waals surface area contributed by atoms with Crippen molar-refractivity contribution in [3.8, 4) is 0 Å². The summed E-state index contributed by atoms with van der Waals surface area (Å²) in [6.45, 7) is 13.6. The van der Waals surface area contributed by atoms with Crippen LogP contribution in [0.15, 0.2) is 67.3 Å². The van der Waals surface area contributed by atoms with Crippen LogP contribution < -0.4 is 20.7 Å². The smallest absolute Gasteiger partial charge is 0.411 e. The van der Waals surface area contributed by atoms with Crippen molar-refractivity contribution in [1.82, 2.24) is 20.3 Å². The average molecular weight is 780 g/mol. The summed E-state index contributed by atoms with van der Waals surface area (Å²) in [5.41, 5.74) is -2.63. The van der Waals surface area contributed by atoms with Crippen LogP contribution in [0.5, 0.6) is 0 Å². The van der Waals surface area contributed by atoms with Crippen molar-refractivity contribution in [3.05, 3.63) is 78.4 Å². The summed E-state index contributed by atoms with van der Waals surface area (Å²) in [6.07, 6.45) is -0.744. The molecule has 5 amide bonds. The minimum Gasteiger partial charge on any atom is -0.444 e. The van der Waals surface area contributed by atoms with Crippen LogP contribution in [0.2, 0.25) is 0 Å². The fourth-order valence-corrected chi connectivity index (χ4v) is 7.82. The number of hydrogen-bond donors (Lipinski definition) is 4. The molecule has 5 rings (SSSR count). The second-order valence-electron chi connectivity index (χ2n) is 16.3. The van der Waals surface area contributed by atoms with Gasteiger partial charge in [0.2, 0.25) is 21.8 Å². The zero-order chi connectivity index (χ0) is 40.5. The van der Waals surface area contributed by atoms with E-state index in [1.54, 1.807) is 90.1 Å². The third kappa shape index (κ3) is 9.71. The summed E-state index contributed by atoms with van der Waals surface area (Å²) in [5, 5.41) is 7.23. The Morgan fingerprint density at radius 1 is 0.927 bits per heavy atom. The molecule has 2 aromatic rings. The molecule has 4 N–H and O–H groups in total. The Labute approximate surface area is 321 Å². The second-order valence-corrected chi connectivity index (χ2v) is 18.2. The van der Waals surface area contributed by atoms with Crippen LogP contribution >= 0.6 is 0 Å². The van der Waals surface area contributed by atoms with Crippen LogP contribution in [0, 0.1) is 11.3 Å². The number of anilines is 1. The molecule has 5 atom stereocenters. The van der Waals surface area contributed by atoms with Crippen LogP contribution in [-0.2, 0) is 33.9 Å². The number of carbonyl (C=O) groups excluding carboxylic acids is 6. The van der Waals surface area contributed by atoms with E-state index >= 15 is 0 Å². The van der Waals surface area contributed by atoms with Crippen LogP contribution in [0.3, 0.4) is 0 Å². The number of ketones is 1. The molecule has 2 unspecified atom stereocenters. The van der Waals surface area contributed by atoms with Gasteiger partial charge in [0.1, 0.15) is 29.3 Å². The first-order valence-electron chi connectivity index (χ1n) is 18.1. The molecular weight excluding hydrogens is 731 g/mol. The number of benzene rings is 2. The van der Waals surface area contributed by atoms with Gasteiger partial charge < -0.3 is 25.0 Å². The fraction of sp³-hybridized carbons (Fsp3) is 0.487. The first-order valence-corrected chi connectivity index (χ1v) is 19.7. The third-order valence-electron chi connectivity index (χ3n) is 9.59. The molecule has 2 aromatic carbocycles. The number of carbonyl (C=O) groups is 6. The first-order chi connectivity index (χ1) is 25.6. The largest absolute Gasteiger partial charge is 0.444 e. The van der Waals surface area contributed by atoms with E-state index in [0.29, 0.717) is 18.4 Å². The molecule has 2 saturated carbocycles. The van der Waals surface area contributed by atoms with Crippen molar-refractivity contribution in [2.75, 3.05) is 11.9 Å². The standard InChI is InChI=1S/C39H49N5O10S/c1-8-24-21-39(24,34(48)43-55(51,52)26-18-19-26)42-32(46)29-20-25(22-44(29)33(47)31(37(2,3)4)41-36(50)54-38(5,6)7)53-35(49)40-28-17-13-12-16-27(28)30(45)23-14-10-9-11-15-23/h8-17,24-26,29,31H,1,18-22H2,2-7H3,(H,40,49)(H,41,50)(H,42,46)(H,43,48)/t24?,25-,29+,31-,39?/m1/s1. The highest BCUT2D eigenvalue weighted by molar-refractivity contribution is 7.91. The monoisotopic (exact) mass is 779 g/mol. The predicted octanol–water partition coefficient (Wildman–Crippen LogP) is 4.04. The number of sulfonamides is 1. The van der Waals surface area contributed by atoms with Crippen molar-refractivity contribution in [2.45, 2.75) is 102 Å². The number of hydrogen-bond acceptors (Lipinski definition) is 10. The Kier molecular flexibility index (Phi) is 11.5. The fourth-order valence-electron chi connectivity index (χ4n) is 6.46. The van der Waals surface area contributed by atoms with E-state index in [0.717, 1.165) is 0 Å². The summed E-state index contributed by atoms with van der Waals surface area (Å²) in [4.78, 5) is 82.7. The van der Waals surface area contributed by atoms with E-state index in [-0.39, 0.29) is 36.4 Å². The molecule has 3 aliphatic rings. The lowest BCUT2D eigenvalue weighted by Crippen LogP contribution is -2.60. The Morgan fingerprint density at radius 3 is 2.15 bits per heavy atom. The SMILES string of the molecule is C=CC1CC1(NC(=O)[C@@H]1C[C@@H](OC(=O)Nc2ccccc2C(=O)c2ccccc2)CN1C(=O)[C@@H](NC(=O)OC(C)(C)C)C(C)(C)C)C(=O)NS(=O)(=O)C1CC1. The van der Waals surface area contributed by atoms with Gasteiger partial charge in [-0.25, -0.2) is 18.0 Å². The summed E-state index contributed by atoms with van der Waals surface area (Å²) in [6, 6.07) is 12.3. The summed E-state index contributed by atoms with van der Waals surface area (Å²) < 4.78 is 38.6. The first kappa shape index (κ1) is 40.9. The number of nitrogens with one attached hydrogen (secondary N) is 4. The Hall–Kier alpha value is -5.25. The number of amides is 5. The van der Waals surface area contributed by atoms with E-state index in [1.165, 1.54) is 17.0 Å². The summed E-state index contributed by atoms with van der Waals surface area (Å²) in [5.74, 6) is -3.33. The summed E-state index contributed by atoms with van der Waals surface area (Å²) in [7, 11) is -3.95. The topological polar surface area (TPSA) is 206 Å². The lowest BCUT2D eigenvalue weighted by Gasteiger charge is -2.36. The van der Waals surface area contributed by atoms with E-state index < -0.39 is 85.8 Å². The molecule has 15 nitrogen and oxygen atoms in total. The number of rotatable bonds is 12. The van der Waals surface area contributed by atoms with Gasteiger partial charge in [0.15, 0.2) is 5.78 Å². The normalized spacial score (nSPS) is 22.7. The molecule has 0 radical (unpaired) electrons. The van der Waals surface area contributed by atoms with E-state index in [2.05, 4.69) is 27.3 Å². The van der Waals surface area contributed by atoms with Gasteiger partial charge >= 0.3 is 12.2 Å². The minimum atomic E-state index is -3.95. The maximum absolute atomic E-state index is 14.4. The van der Waals surface area contributed by atoms with Gasteiger partial charge in [-0.15, -0.1) is 6.58 Å². The molecule has 3 fully saturated rings. The van der Waals surface area contributed by atoms with Gasteiger partial charge in [-0.05, 0) is 57.6 Å². The van der Waals surface area contributed by atoms with Gasteiger partial charge in [-0.2, -0.15) is 0 Å². The van der Waals surface area contributed by atoms with Gasteiger partial charge in [0.25, 0.3) is 5.91 Å².